The third-order valence-electron chi connectivity index (χ3n) is 4.16. The number of nitro benzene ring substituents is 1. The van der Waals surface area contributed by atoms with E-state index in [1.807, 2.05) is 6.07 Å². The van der Waals surface area contributed by atoms with Crippen LogP contribution in [0.1, 0.15) is 15.9 Å². The van der Waals surface area contributed by atoms with Crippen LogP contribution >= 0.6 is 15.9 Å². The quantitative estimate of drug-likeness (QED) is 0.228. The SMILES string of the molecule is O=C(O)c1ccccc1NS(=O)(=O)c1cc([N+](=O)[O-])ccc1N/N=C/c1ccccc1Br. The molecule has 0 radical (unpaired) electrons. The minimum Gasteiger partial charge on any atom is -0.478 e. The van der Waals surface area contributed by atoms with Gasteiger partial charge in [0.2, 0.25) is 0 Å². The van der Waals surface area contributed by atoms with Gasteiger partial charge in [-0.05, 0) is 24.3 Å². The summed E-state index contributed by atoms with van der Waals surface area (Å²) >= 11 is 3.36. The van der Waals surface area contributed by atoms with E-state index < -0.39 is 31.5 Å². The summed E-state index contributed by atoms with van der Waals surface area (Å²) in [6.07, 6.45) is 1.44. The zero-order chi connectivity index (χ0) is 23.3. The van der Waals surface area contributed by atoms with E-state index in [0.717, 1.165) is 16.6 Å². The fourth-order valence-electron chi connectivity index (χ4n) is 2.65. The average Bonchev–Trinajstić information content (AvgIpc) is 2.75. The third-order valence-corrected chi connectivity index (χ3v) is 6.29. The zero-order valence-corrected chi connectivity index (χ0v) is 18.5. The lowest BCUT2D eigenvalue weighted by Gasteiger charge is -2.13. The fourth-order valence-corrected chi connectivity index (χ4v) is 4.29. The molecule has 3 rings (SSSR count). The van der Waals surface area contributed by atoms with Gasteiger partial charge in [-0.15, -0.1) is 0 Å². The molecule has 3 N–H and O–H groups in total. The fraction of sp³-hybridized carbons (Fsp3) is 0. The van der Waals surface area contributed by atoms with Crippen molar-refractivity contribution in [3.05, 3.63) is 92.4 Å². The number of rotatable bonds is 8. The van der Waals surface area contributed by atoms with Crippen LogP contribution in [0, 0.1) is 10.1 Å². The molecule has 12 heteroatoms. The van der Waals surface area contributed by atoms with Gasteiger partial charge in [0, 0.05) is 22.2 Å². The molecule has 0 atom stereocenters. The van der Waals surface area contributed by atoms with Crippen LogP contribution in [0.4, 0.5) is 17.1 Å². The van der Waals surface area contributed by atoms with Crippen LogP contribution in [0.3, 0.4) is 0 Å². The van der Waals surface area contributed by atoms with Crippen molar-refractivity contribution in [2.75, 3.05) is 10.1 Å². The highest BCUT2D eigenvalue weighted by Crippen LogP contribution is 2.29. The molecule has 0 saturated heterocycles. The van der Waals surface area contributed by atoms with E-state index in [-0.39, 0.29) is 16.9 Å². The molecule has 0 aromatic heterocycles. The molecule has 0 aliphatic carbocycles. The van der Waals surface area contributed by atoms with Crippen LogP contribution in [0.25, 0.3) is 0 Å². The first kappa shape index (κ1) is 22.9. The molecule has 0 amide bonds. The number of carbonyl (C=O) groups is 1. The second kappa shape index (κ2) is 9.58. The normalized spacial score (nSPS) is 11.3. The number of nitro groups is 1. The Kier molecular flexibility index (Phi) is 6.85. The van der Waals surface area contributed by atoms with E-state index in [9.17, 15) is 28.4 Å². The highest BCUT2D eigenvalue weighted by atomic mass is 79.9. The van der Waals surface area contributed by atoms with Crippen LogP contribution in [0.2, 0.25) is 0 Å². The number of benzene rings is 3. The topological polar surface area (TPSA) is 151 Å². The Morgan fingerprint density at radius 2 is 1.75 bits per heavy atom. The van der Waals surface area contributed by atoms with Gasteiger partial charge in [-0.2, -0.15) is 5.10 Å². The van der Waals surface area contributed by atoms with Crippen LogP contribution < -0.4 is 10.1 Å². The molecular weight excluding hydrogens is 504 g/mol. The number of para-hydroxylation sites is 1. The largest absolute Gasteiger partial charge is 0.478 e. The molecule has 10 nitrogen and oxygen atoms in total. The number of nitrogens with one attached hydrogen (secondary N) is 2. The van der Waals surface area contributed by atoms with Gasteiger partial charge >= 0.3 is 5.97 Å². The van der Waals surface area contributed by atoms with E-state index in [0.29, 0.717) is 5.56 Å². The highest BCUT2D eigenvalue weighted by Gasteiger charge is 2.24. The smallest absolute Gasteiger partial charge is 0.337 e. The number of anilines is 2. The number of nitrogens with zero attached hydrogens (tertiary/aromatic N) is 2. The summed E-state index contributed by atoms with van der Waals surface area (Å²) in [6.45, 7) is 0. The molecular formula is C20H15BrN4O6S. The van der Waals surface area contributed by atoms with Crippen molar-refractivity contribution < 1.29 is 23.2 Å². The summed E-state index contributed by atoms with van der Waals surface area (Å²) in [4.78, 5) is 21.4. The number of sulfonamides is 1. The van der Waals surface area contributed by atoms with Gasteiger partial charge in [0.15, 0.2) is 0 Å². The molecule has 0 aliphatic rings. The zero-order valence-electron chi connectivity index (χ0n) is 16.1. The maximum Gasteiger partial charge on any atom is 0.337 e. The first-order valence-electron chi connectivity index (χ1n) is 8.86. The average molecular weight is 519 g/mol. The van der Waals surface area contributed by atoms with E-state index in [2.05, 4.69) is 31.2 Å². The Balaban J connectivity index is 2.00. The predicted molar refractivity (Wildman–Crippen MR) is 123 cm³/mol. The minimum atomic E-state index is -4.42. The first-order valence-corrected chi connectivity index (χ1v) is 11.1. The molecule has 0 unspecified atom stereocenters. The van der Waals surface area contributed by atoms with Gasteiger partial charge in [0.1, 0.15) is 4.90 Å². The van der Waals surface area contributed by atoms with E-state index >= 15 is 0 Å². The molecule has 0 spiro atoms. The van der Waals surface area contributed by atoms with E-state index in [4.69, 9.17) is 0 Å². The number of hydrogen-bond acceptors (Lipinski definition) is 7. The predicted octanol–water partition coefficient (Wildman–Crippen LogP) is 4.30. The van der Waals surface area contributed by atoms with Crippen LogP contribution in [-0.4, -0.2) is 30.6 Å². The third kappa shape index (κ3) is 5.28. The number of non-ortho nitro benzene ring substituents is 1. The summed E-state index contributed by atoms with van der Waals surface area (Å²) < 4.78 is 29.0. The molecule has 164 valence electrons. The second-order valence-electron chi connectivity index (χ2n) is 6.29. The van der Waals surface area contributed by atoms with Gasteiger partial charge in [0.25, 0.3) is 15.7 Å². The van der Waals surface area contributed by atoms with Crippen LogP contribution in [0.5, 0.6) is 0 Å². The van der Waals surface area contributed by atoms with Gasteiger partial charge < -0.3 is 5.11 Å². The summed E-state index contributed by atoms with van der Waals surface area (Å²) in [5.74, 6) is -1.33. The monoisotopic (exact) mass is 518 g/mol. The summed E-state index contributed by atoms with van der Waals surface area (Å²) in [5.41, 5.74) is 2.32. The maximum atomic E-state index is 13.0. The Morgan fingerprint density at radius 1 is 1.06 bits per heavy atom. The van der Waals surface area contributed by atoms with Crippen molar-refractivity contribution in [2.24, 2.45) is 5.10 Å². The first-order chi connectivity index (χ1) is 15.2. The van der Waals surface area contributed by atoms with Crippen molar-refractivity contribution in [3.63, 3.8) is 0 Å². The molecule has 3 aromatic carbocycles. The number of carboxylic acids is 1. The van der Waals surface area contributed by atoms with E-state index in [1.54, 1.807) is 18.2 Å². The number of hydrogen-bond donors (Lipinski definition) is 3. The van der Waals surface area contributed by atoms with Crippen molar-refractivity contribution in [1.29, 1.82) is 0 Å². The molecule has 3 aromatic rings. The van der Waals surface area contributed by atoms with Gasteiger partial charge in [-0.1, -0.05) is 46.3 Å². The van der Waals surface area contributed by atoms with Gasteiger partial charge in [-0.3, -0.25) is 20.3 Å². The Morgan fingerprint density at radius 3 is 2.44 bits per heavy atom. The highest BCUT2D eigenvalue weighted by molar-refractivity contribution is 9.10. The van der Waals surface area contributed by atoms with Gasteiger partial charge in [-0.25, -0.2) is 13.2 Å². The Hall–Kier alpha value is -3.77. The van der Waals surface area contributed by atoms with Crippen molar-refractivity contribution >= 4 is 55.2 Å². The number of carboxylic acid groups (broad SMARTS) is 1. The Bertz CT molecular complexity index is 1330. The second-order valence-corrected chi connectivity index (χ2v) is 8.79. The maximum absolute atomic E-state index is 13.0. The lowest BCUT2D eigenvalue weighted by Crippen LogP contribution is -2.17. The van der Waals surface area contributed by atoms with Crippen molar-refractivity contribution in [2.45, 2.75) is 4.90 Å². The molecule has 32 heavy (non-hydrogen) atoms. The van der Waals surface area contributed by atoms with E-state index in [1.165, 1.54) is 36.5 Å². The number of aromatic carboxylic acids is 1. The lowest BCUT2D eigenvalue weighted by atomic mass is 10.2. The Labute approximate surface area is 190 Å². The van der Waals surface area contributed by atoms with Crippen molar-refractivity contribution in [1.82, 2.24) is 0 Å². The number of hydrazone groups is 1. The van der Waals surface area contributed by atoms with Crippen LogP contribution in [-0.2, 0) is 10.0 Å². The standard InChI is InChI=1S/C20H15BrN4O6S/c21-16-7-3-1-5-13(16)12-22-23-18-10-9-14(25(28)29)11-19(18)32(30,31)24-17-8-4-2-6-15(17)20(26)27/h1-12,23-24H,(H,26,27)/b22-12+. The summed E-state index contributed by atoms with van der Waals surface area (Å²) in [5, 5.41) is 24.5. The molecule has 0 heterocycles. The molecule has 0 bridgehead atoms. The van der Waals surface area contributed by atoms with Gasteiger partial charge in [0.05, 0.1) is 28.1 Å². The van der Waals surface area contributed by atoms with Crippen molar-refractivity contribution in [3.8, 4) is 0 Å². The minimum absolute atomic E-state index is 0.0424. The number of halogens is 1. The lowest BCUT2D eigenvalue weighted by molar-refractivity contribution is -0.385. The molecule has 0 aliphatic heterocycles. The van der Waals surface area contributed by atoms with Crippen LogP contribution in [0.15, 0.2) is 81.2 Å². The summed E-state index contributed by atoms with van der Waals surface area (Å²) in [6, 6.07) is 15.8. The molecule has 0 saturated carbocycles. The summed E-state index contributed by atoms with van der Waals surface area (Å²) in [7, 11) is -4.42. The molecule has 0 fully saturated rings.